The summed E-state index contributed by atoms with van der Waals surface area (Å²) in [6.07, 6.45) is -4.86. The van der Waals surface area contributed by atoms with E-state index in [1.807, 2.05) is 0 Å². The number of rotatable bonds is 2. The first-order valence-electron chi connectivity index (χ1n) is 3.42. The Balaban J connectivity index is 2.99. The van der Waals surface area contributed by atoms with Gasteiger partial charge < -0.3 is 4.74 Å². The van der Waals surface area contributed by atoms with Gasteiger partial charge in [-0.2, -0.15) is 0 Å². The van der Waals surface area contributed by atoms with Gasteiger partial charge in [0.05, 0.1) is 0 Å². The molecule has 82 valence electrons. The number of carbonyl (C=O) groups excluding carboxylic acids is 1. The molecule has 0 radical (unpaired) electrons. The Labute approximate surface area is 91.8 Å². The summed E-state index contributed by atoms with van der Waals surface area (Å²) in [4.78, 5) is 13.9. The Morgan fingerprint density at radius 2 is 2.00 bits per heavy atom. The minimum Gasteiger partial charge on any atom is -0.402 e. The molecule has 0 aliphatic heterocycles. The van der Waals surface area contributed by atoms with Crippen molar-refractivity contribution in [1.82, 2.24) is 4.98 Å². The Hall–Kier alpha value is -1.01. The van der Waals surface area contributed by atoms with Crippen molar-refractivity contribution in [3.05, 3.63) is 23.0 Å². The van der Waals surface area contributed by atoms with Gasteiger partial charge in [-0.1, -0.05) is 11.6 Å². The van der Waals surface area contributed by atoms with Gasteiger partial charge in [-0.15, -0.1) is 13.2 Å². The van der Waals surface area contributed by atoms with E-state index in [1.54, 1.807) is 0 Å². The van der Waals surface area contributed by atoms with E-state index in [0.29, 0.717) is 0 Å². The number of pyridine rings is 1. The normalized spacial score (nSPS) is 11.3. The lowest BCUT2D eigenvalue weighted by molar-refractivity contribution is -0.274. The van der Waals surface area contributed by atoms with Gasteiger partial charge in [0, 0.05) is 0 Å². The SMILES string of the molecule is O=C(Cl)c1ccc(OC(F)(F)F)c(Cl)n1. The minimum absolute atomic E-state index is 0.254. The van der Waals surface area contributed by atoms with Gasteiger partial charge in [0.15, 0.2) is 10.9 Å². The van der Waals surface area contributed by atoms with E-state index in [9.17, 15) is 18.0 Å². The van der Waals surface area contributed by atoms with Crippen LogP contribution in [0.3, 0.4) is 0 Å². The third-order valence-corrected chi connectivity index (χ3v) is 1.71. The lowest BCUT2D eigenvalue weighted by Crippen LogP contribution is -2.17. The predicted octanol–water partition coefficient (Wildman–Crippen LogP) is 3.01. The van der Waals surface area contributed by atoms with Crippen molar-refractivity contribution in [3.63, 3.8) is 0 Å². The van der Waals surface area contributed by atoms with Crippen molar-refractivity contribution in [1.29, 1.82) is 0 Å². The van der Waals surface area contributed by atoms with E-state index >= 15 is 0 Å². The highest BCUT2D eigenvalue weighted by molar-refractivity contribution is 6.67. The molecule has 0 saturated carbocycles. The molecule has 0 aliphatic rings. The maximum atomic E-state index is 11.8. The number of halogens is 5. The predicted molar refractivity (Wildman–Crippen MR) is 46.1 cm³/mol. The average molecular weight is 260 g/mol. The summed E-state index contributed by atoms with van der Waals surface area (Å²) < 4.78 is 38.9. The maximum absolute atomic E-state index is 11.8. The third-order valence-electron chi connectivity index (χ3n) is 1.24. The van der Waals surface area contributed by atoms with Crippen LogP contribution in [0.1, 0.15) is 10.5 Å². The lowest BCUT2D eigenvalue weighted by atomic mass is 10.3. The van der Waals surface area contributed by atoms with Gasteiger partial charge in [-0.3, -0.25) is 4.79 Å². The lowest BCUT2D eigenvalue weighted by Gasteiger charge is -2.09. The van der Waals surface area contributed by atoms with Gasteiger partial charge in [-0.25, -0.2) is 4.98 Å². The maximum Gasteiger partial charge on any atom is 0.573 e. The van der Waals surface area contributed by atoms with Gasteiger partial charge in [0.2, 0.25) is 0 Å². The molecule has 0 amide bonds. The summed E-state index contributed by atoms with van der Waals surface area (Å²) in [7, 11) is 0. The Morgan fingerprint density at radius 1 is 1.40 bits per heavy atom. The summed E-state index contributed by atoms with van der Waals surface area (Å²) in [5.41, 5.74) is -0.254. The molecule has 1 aromatic rings. The van der Waals surface area contributed by atoms with E-state index < -0.39 is 22.5 Å². The highest BCUT2D eigenvalue weighted by atomic mass is 35.5. The molecule has 8 heteroatoms. The molecule has 0 unspecified atom stereocenters. The van der Waals surface area contributed by atoms with E-state index in [2.05, 4.69) is 9.72 Å². The fourth-order valence-electron chi connectivity index (χ4n) is 0.732. The number of aromatic nitrogens is 1. The molecular weight excluding hydrogens is 258 g/mol. The zero-order chi connectivity index (χ0) is 11.6. The van der Waals surface area contributed by atoms with Crippen LogP contribution in [0.15, 0.2) is 12.1 Å². The van der Waals surface area contributed by atoms with Crippen LogP contribution in [0.5, 0.6) is 5.75 Å². The van der Waals surface area contributed by atoms with Crippen LogP contribution in [0.4, 0.5) is 13.2 Å². The Morgan fingerprint density at radius 3 is 2.40 bits per heavy atom. The van der Waals surface area contributed by atoms with E-state index in [-0.39, 0.29) is 5.69 Å². The van der Waals surface area contributed by atoms with Crippen molar-refractivity contribution in [2.45, 2.75) is 6.36 Å². The molecule has 0 spiro atoms. The quantitative estimate of drug-likeness (QED) is 0.606. The largest absolute Gasteiger partial charge is 0.573 e. The topological polar surface area (TPSA) is 39.2 Å². The van der Waals surface area contributed by atoms with Crippen LogP contribution in [0.25, 0.3) is 0 Å². The van der Waals surface area contributed by atoms with Crippen LogP contribution in [-0.2, 0) is 0 Å². The Kier molecular flexibility index (Phi) is 3.41. The van der Waals surface area contributed by atoms with Gasteiger partial charge in [-0.05, 0) is 23.7 Å². The molecule has 0 saturated heterocycles. The monoisotopic (exact) mass is 259 g/mol. The van der Waals surface area contributed by atoms with Crippen molar-refractivity contribution in [2.24, 2.45) is 0 Å². The van der Waals surface area contributed by atoms with Crippen molar-refractivity contribution < 1.29 is 22.7 Å². The molecule has 1 heterocycles. The van der Waals surface area contributed by atoms with Crippen LogP contribution < -0.4 is 4.74 Å². The van der Waals surface area contributed by atoms with E-state index in [1.165, 1.54) is 0 Å². The number of hydrogen-bond donors (Lipinski definition) is 0. The molecular formula is C7H2Cl2F3NO2. The van der Waals surface area contributed by atoms with Gasteiger partial charge in [0.25, 0.3) is 5.24 Å². The molecule has 0 aliphatic carbocycles. The first-order valence-corrected chi connectivity index (χ1v) is 4.17. The van der Waals surface area contributed by atoms with Crippen LogP contribution in [-0.4, -0.2) is 16.6 Å². The van der Waals surface area contributed by atoms with Crippen LogP contribution >= 0.6 is 23.2 Å². The van der Waals surface area contributed by atoms with Crippen molar-refractivity contribution in [2.75, 3.05) is 0 Å². The molecule has 0 N–H and O–H groups in total. The molecule has 0 fully saturated rings. The van der Waals surface area contributed by atoms with E-state index in [0.717, 1.165) is 12.1 Å². The molecule has 1 rings (SSSR count). The fourth-order valence-corrected chi connectivity index (χ4v) is 1.03. The second-order valence-electron chi connectivity index (χ2n) is 2.31. The second kappa shape index (κ2) is 4.24. The van der Waals surface area contributed by atoms with Gasteiger partial charge >= 0.3 is 6.36 Å². The molecule has 3 nitrogen and oxygen atoms in total. The van der Waals surface area contributed by atoms with Gasteiger partial charge in [0.1, 0.15) is 5.69 Å². The number of alkyl halides is 3. The zero-order valence-electron chi connectivity index (χ0n) is 6.81. The first kappa shape index (κ1) is 12.1. The average Bonchev–Trinajstić information content (AvgIpc) is 2.05. The smallest absolute Gasteiger partial charge is 0.402 e. The summed E-state index contributed by atoms with van der Waals surface area (Å²) in [6, 6.07) is 1.83. The van der Waals surface area contributed by atoms with E-state index in [4.69, 9.17) is 23.2 Å². The molecule has 0 bridgehead atoms. The van der Waals surface area contributed by atoms with Crippen LogP contribution in [0, 0.1) is 0 Å². The molecule has 15 heavy (non-hydrogen) atoms. The summed E-state index contributed by atoms with van der Waals surface area (Å²) >= 11 is 10.4. The third kappa shape index (κ3) is 3.56. The summed E-state index contributed by atoms with van der Waals surface area (Å²) in [6.45, 7) is 0. The summed E-state index contributed by atoms with van der Waals surface area (Å²) in [5.74, 6) is -0.689. The fraction of sp³-hybridized carbons (Fsp3) is 0.143. The molecule has 0 aromatic carbocycles. The highest BCUT2D eigenvalue weighted by Crippen LogP contribution is 2.28. The number of hydrogen-bond acceptors (Lipinski definition) is 3. The summed E-state index contributed by atoms with van der Waals surface area (Å²) in [5, 5.41) is -1.51. The second-order valence-corrected chi connectivity index (χ2v) is 3.01. The van der Waals surface area contributed by atoms with Crippen molar-refractivity contribution in [3.8, 4) is 5.75 Å². The van der Waals surface area contributed by atoms with Crippen LogP contribution in [0.2, 0.25) is 5.15 Å². The molecule has 1 aromatic heterocycles. The first-order chi connectivity index (χ1) is 6.79. The zero-order valence-corrected chi connectivity index (χ0v) is 8.32. The highest BCUT2D eigenvalue weighted by Gasteiger charge is 2.32. The minimum atomic E-state index is -4.86. The number of nitrogens with zero attached hydrogens (tertiary/aromatic N) is 1. The standard InChI is InChI=1S/C7H2Cl2F3NO2/c8-5-4(15-7(10,11)12)2-1-3(13-5)6(9)14/h1-2H. The number of ether oxygens (including phenoxy) is 1. The number of carbonyl (C=O) groups is 1. The Bertz CT molecular complexity index is 394. The van der Waals surface area contributed by atoms with Crippen molar-refractivity contribution >= 4 is 28.4 Å². The molecule has 0 atom stereocenters.